The highest BCUT2D eigenvalue weighted by molar-refractivity contribution is 5.89. The highest BCUT2D eigenvalue weighted by atomic mass is 19.1. The van der Waals surface area contributed by atoms with Crippen LogP contribution in [-0.4, -0.2) is 24.0 Å². The Morgan fingerprint density at radius 1 is 1.25 bits per heavy atom. The fourth-order valence-electron chi connectivity index (χ4n) is 1.87. The largest absolute Gasteiger partial charge is 0.325 e. The minimum Gasteiger partial charge on any atom is -0.325 e. The number of likely N-dealkylation sites (tertiary alicyclic amines) is 1. The molecule has 0 radical (unpaired) electrons. The summed E-state index contributed by atoms with van der Waals surface area (Å²) in [6.45, 7) is 1.59. The third-order valence-electron chi connectivity index (χ3n) is 2.72. The third kappa shape index (κ3) is 2.72. The van der Waals surface area contributed by atoms with Gasteiger partial charge in [0.05, 0.1) is 0 Å². The summed E-state index contributed by atoms with van der Waals surface area (Å²) in [5.41, 5.74) is 0.510. The number of hydrogen-bond acceptors (Lipinski definition) is 1. The molecule has 1 aromatic rings. The fourth-order valence-corrected chi connectivity index (χ4v) is 1.87. The van der Waals surface area contributed by atoms with Crippen LogP contribution < -0.4 is 5.32 Å². The van der Waals surface area contributed by atoms with Gasteiger partial charge in [-0.1, -0.05) is 6.07 Å². The van der Waals surface area contributed by atoms with Gasteiger partial charge in [-0.2, -0.15) is 0 Å². The maximum atomic E-state index is 12.9. The van der Waals surface area contributed by atoms with Crippen LogP contribution in [0.15, 0.2) is 24.3 Å². The van der Waals surface area contributed by atoms with Crippen molar-refractivity contribution in [2.75, 3.05) is 18.4 Å². The van der Waals surface area contributed by atoms with E-state index in [2.05, 4.69) is 5.32 Å². The van der Waals surface area contributed by atoms with Gasteiger partial charge in [0.1, 0.15) is 5.82 Å². The number of urea groups is 1. The molecular weight excluding hydrogens is 207 g/mol. The van der Waals surface area contributed by atoms with Gasteiger partial charge in [-0.15, -0.1) is 0 Å². The SMILES string of the molecule is O=C(Nc1cccc(F)c1)N1CCCCC1. The van der Waals surface area contributed by atoms with Crippen molar-refractivity contribution in [3.05, 3.63) is 30.1 Å². The zero-order valence-electron chi connectivity index (χ0n) is 9.08. The van der Waals surface area contributed by atoms with Crippen molar-refractivity contribution in [1.29, 1.82) is 0 Å². The van der Waals surface area contributed by atoms with Crippen LogP contribution in [0.4, 0.5) is 14.9 Å². The van der Waals surface area contributed by atoms with Crippen LogP contribution >= 0.6 is 0 Å². The number of hydrogen-bond donors (Lipinski definition) is 1. The van der Waals surface area contributed by atoms with Gasteiger partial charge < -0.3 is 10.2 Å². The highest BCUT2D eigenvalue weighted by Gasteiger charge is 2.16. The summed E-state index contributed by atoms with van der Waals surface area (Å²) >= 11 is 0. The van der Waals surface area contributed by atoms with Crippen LogP contribution in [0.2, 0.25) is 0 Å². The molecule has 4 heteroatoms. The van der Waals surface area contributed by atoms with E-state index in [1.807, 2.05) is 0 Å². The topological polar surface area (TPSA) is 32.3 Å². The van der Waals surface area contributed by atoms with Gasteiger partial charge in [0.25, 0.3) is 0 Å². The standard InChI is InChI=1S/C12H15FN2O/c13-10-5-4-6-11(9-10)14-12(16)15-7-2-1-3-8-15/h4-6,9H,1-3,7-8H2,(H,14,16). The molecule has 1 aliphatic rings. The molecule has 1 N–H and O–H groups in total. The van der Waals surface area contributed by atoms with Gasteiger partial charge in [0.2, 0.25) is 0 Å². The molecule has 0 aliphatic carbocycles. The third-order valence-corrected chi connectivity index (χ3v) is 2.72. The first kappa shape index (κ1) is 10.9. The molecule has 1 fully saturated rings. The zero-order chi connectivity index (χ0) is 11.4. The molecule has 2 rings (SSSR count). The zero-order valence-corrected chi connectivity index (χ0v) is 9.08. The smallest absolute Gasteiger partial charge is 0.321 e. The average Bonchev–Trinajstić information content (AvgIpc) is 2.30. The van der Waals surface area contributed by atoms with Crippen LogP contribution in [0, 0.1) is 5.82 Å². The van der Waals surface area contributed by atoms with Crippen LogP contribution in [0.5, 0.6) is 0 Å². The molecule has 0 saturated carbocycles. The second-order valence-electron chi connectivity index (χ2n) is 3.99. The van der Waals surface area contributed by atoms with Crippen molar-refractivity contribution in [2.24, 2.45) is 0 Å². The van der Waals surface area contributed by atoms with E-state index in [-0.39, 0.29) is 11.8 Å². The Morgan fingerprint density at radius 2 is 2.00 bits per heavy atom. The van der Waals surface area contributed by atoms with Crippen LogP contribution in [-0.2, 0) is 0 Å². The van der Waals surface area contributed by atoms with Gasteiger partial charge in [0, 0.05) is 18.8 Å². The van der Waals surface area contributed by atoms with Crippen LogP contribution in [0.3, 0.4) is 0 Å². The Bertz CT molecular complexity index is 375. The van der Waals surface area contributed by atoms with E-state index in [0.717, 1.165) is 25.9 Å². The summed E-state index contributed by atoms with van der Waals surface area (Å²) in [5.74, 6) is -0.337. The number of anilines is 1. The number of nitrogens with zero attached hydrogens (tertiary/aromatic N) is 1. The molecule has 1 saturated heterocycles. The second-order valence-corrected chi connectivity index (χ2v) is 3.99. The van der Waals surface area contributed by atoms with Crippen molar-refractivity contribution >= 4 is 11.7 Å². The van der Waals surface area contributed by atoms with E-state index in [0.29, 0.717) is 5.69 Å². The molecule has 1 heterocycles. The lowest BCUT2D eigenvalue weighted by molar-refractivity contribution is 0.200. The minimum absolute atomic E-state index is 0.134. The number of amides is 2. The summed E-state index contributed by atoms with van der Waals surface area (Å²) in [7, 11) is 0. The normalized spacial score (nSPS) is 15.9. The lowest BCUT2D eigenvalue weighted by atomic mass is 10.1. The Hall–Kier alpha value is -1.58. The maximum Gasteiger partial charge on any atom is 0.321 e. The fraction of sp³-hybridized carbons (Fsp3) is 0.417. The molecule has 0 unspecified atom stereocenters. The summed E-state index contributed by atoms with van der Waals surface area (Å²) in [6.07, 6.45) is 3.29. The quantitative estimate of drug-likeness (QED) is 0.778. The average molecular weight is 222 g/mol. The molecule has 0 atom stereocenters. The Morgan fingerprint density at radius 3 is 2.69 bits per heavy atom. The number of carbonyl (C=O) groups excluding carboxylic acids is 1. The van der Waals surface area contributed by atoms with E-state index in [9.17, 15) is 9.18 Å². The van der Waals surface area contributed by atoms with Gasteiger partial charge in [-0.3, -0.25) is 0 Å². The minimum atomic E-state index is -0.337. The van der Waals surface area contributed by atoms with E-state index in [1.165, 1.54) is 18.6 Å². The lowest BCUT2D eigenvalue weighted by Crippen LogP contribution is -2.38. The summed E-state index contributed by atoms with van der Waals surface area (Å²) in [5, 5.41) is 2.70. The highest BCUT2D eigenvalue weighted by Crippen LogP contribution is 2.13. The number of carbonyl (C=O) groups is 1. The number of piperidine rings is 1. The molecule has 1 aliphatic heterocycles. The van der Waals surface area contributed by atoms with E-state index in [4.69, 9.17) is 0 Å². The molecule has 0 aromatic heterocycles. The van der Waals surface area contributed by atoms with Crippen molar-refractivity contribution in [3.63, 3.8) is 0 Å². The first-order chi connectivity index (χ1) is 7.75. The van der Waals surface area contributed by atoms with Gasteiger partial charge >= 0.3 is 6.03 Å². The predicted octanol–water partition coefficient (Wildman–Crippen LogP) is 2.84. The molecule has 2 amide bonds. The van der Waals surface area contributed by atoms with Crippen molar-refractivity contribution in [3.8, 4) is 0 Å². The van der Waals surface area contributed by atoms with Gasteiger partial charge in [-0.25, -0.2) is 9.18 Å². The predicted molar refractivity (Wildman–Crippen MR) is 60.8 cm³/mol. The first-order valence-electron chi connectivity index (χ1n) is 5.57. The van der Waals surface area contributed by atoms with Gasteiger partial charge in [0.15, 0.2) is 0 Å². The lowest BCUT2D eigenvalue weighted by Gasteiger charge is -2.26. The van der Waals surface area contributed by atoms with Gasteiger partial charge in [-0.05, 0) is 37.5 Å². The molecule has 1 aromatic carbocycles. The van der Waals surface area contributed by atoms with Crippen molar-refractivity contribution in [1.82, 2.24) is 4.90 Å². The molecular formula is C12H15FN2O. The monoisotopic (exact) mass is 222 g/mol. The maximum absolute atomic E-state index is 12.9. The summed E-state index contributed by atoms with van der Waals surface area (Å²) < 4.78 is 12.9. The van der Waals surface area contributed by atoms with E-state index >= 15 is 0 Å². The number of rotatable bonds is 1. The Kier molecular flexibility index (Phi) is 3.39. The second kappa shape index (κ2) is 4.96. The number of halogens is 1. The molecule has 3 nitrogen and oxygen atoms in total. The van der Waals surface area contributed by atoms with E-state index < -0.39 is 0 Å². The van der Waals surface area contributed by atoms with Crippen LogP contribution in [0.25, 0.3) is 0 Å². The van der Waals surface area contributed by atoms with Crippen LogP contribution in [0.1, 0.15) is 19.3 Å². The van der Waals surface area contributed by atoms with Crippen molar-refractivity contribution < 1.29 is 9.18 Å². The molecule has 86 valence electrons. The Balaban J connectivity index is 1.96. The van der Waals surface area contributed by atoms with Crippen molar-refractivity contribution in [2.45, 2.75) is 19.3 Å². The first-order valence-corrected chi connectivity index (χ1v) is 5.57. The number of nitrogens with one attached hydrogen (secondary N) is 1. The molecule has 16 heavy (non-hydrogen) atoms. The molecule has 0 bridgehead atoms. The Labute approximate surface area is 94.3 Å². The number of benzene rings is 1. The summed E-state index contributed by atoms with van der Waals surface area (Å²) in [6, 6.07) is 5.81. The summed E-state index contributed by atoms with van der Waals surface area (Å²) in [4.78, 5) is 13.5. The molecule has 0 spiro atoms. The van der Waals surface area contributed by atoms with E-state index in [1.54, 1.807) is 17.0 Å².